The summed E-state index contributed by atoms with van der Waals surface area (Å²) in [6, 6.07) is 10.7. The van der Waals surface area contributed by atoms with Crippen LogP contribution < -0.4 is 15.5 Å². The molecule has 0 unspecified atom stereocenters. The van der Waals surface area contributed by atoms with E-state index < -0.39 is 18.0 Å². The van der Waals surface area contributed by atoms with E-state index in [1.54, 1.807) is 56.3 Å². The van der Waals surface area contributed by atoms with Gasteiger partial charge in [0.25, 0.3) is 0 Å². The maximum absolute atomic E-state index is 14.4. The largest absolute Gasteiger partial charge is 0.344 e. The average Bonchev–Trinajstić information content (AvgIpc) is 2.91. The van der Waals surface area contributed by atoms with Crippen LogP contribution in [0.15, 0.2) is 42.5 Å². The van der Waals surface area contributed by atoms with Crippen molar-refractivity contribution in [2.24, 2.45) is 5.92 Å². The molecule has 194 valence electrons. The van der Waals surface area contributed by atoms with Gasteiger partial charge in [-0.25, -0.2) is 9.37 Å². The normalized spacial score (nSPS) is 16.6. The number of nitrogens with zero attached hydrogens (tertiary/aromatic N) is 2. The van der Waals surface area contributed by atoms with E-state index in [-0.39, 0.29) is 29.1 Å². The summed E-state index contributed by atoms with van der Waals surface area (Å²) in [5, 5.41) is 14.7. The Balaban J connectivity index is 1.86. The molecule has 1 amide bonds. The highest BCUT2D eigenvalue weighted by Crippen LogP contribution is 2.30. The minimum Gasteiger partial charge on any atom is -0.344 e. The van der Waals surface area contributed by atoms with Crippen LogP contribution in [-0.4, -0.2) is 48.6 Å². The van der Waals surface area contributed by atoms with Crippen LogP contribution in [0.1, 0.15) is 64.0 Å². The summed E-state index contributed by atoms with van der Waals surface area (Å²) in [4.78, 5) is 32.8. The van der Waals surface area contributed by atoms with Gasteiger partial charge < -0.3 is 20.9 Å². The summed E-state index contributed by atoms with van der Waals surface area (Å²) in [7, 11) is 3.44. The lowest BCUT2D eigenvalue weighted by atomic mass is 9.79. The third-order valence-corrected chi connectivity index (χ3v) is 7.22. The number of halogens is 1. The molecule has 1 aliphatic carbocycles. The number of rotatable bonds is 11. The van der Waals surface area contributed by atoms with Gasteiger partial charge in [0, 0.05) is 13.0 Å². The van der Waals surface area contributed by atoms with Gasteiger partial charge in [-0.3, -0.25) is 9.59 Å². The number of carbonyl (C=O) groups is 2. The first-order chi connectivity index (χ1) is 17.3. The number of hydrogen-bond acceptors (Lipinski definition) is 6. The zero-order valence-electron chi connectivity index (χ0n) is 21.7. The fraction of sp³-hybridized carbons (Fsp3) is 0.500. The van der Waals surface area contributed by atoms with Gasteiger partial charge in [-0.05, 0) is 63.4 Å². The zero-order valence-corrected chi connectivity index (χ0v) is 21.7. The number of nitrogens with one attached hydrogen (secondary N) is 3. The Bertz CT molecular complexity index is 1070. The van der Waals surface area contributed by atoms with Gasteiger partial charge in [0.05, 0.1) is 29.2 Å². The standard InChI is InChI=1S/C28H38FN5O2/c1-5-20(22-15-11-17-24(32-22)34(4)23-16-10-9-14-21(23)29)25(30)27(35)26(19-12-7-6-8-13-19)33-28(36)18(2)31-3/h9-11,14-20,26,30-31H,5-8,12-13H2,1-4H3,(H,33,36)/t18-,20-,26-/m0/s1. The Morgan fingerprint density at radius 1 is 1.14 bits per heavy atom. The van der Waals surface area contributed by atoms with Gasteiger partial charge in [-0.15, -0.1) is 0 Å². The SMILES string of the molecule is CC[C@H](C(=N)C(=O)[C@@H](NC(=O)[C@H](C)NC)C1CCCCC1)c1cccc(N(C)c2ccccc2F)n1. The number of carbonyl (C=O) groups excluding carboxylic acids is 2. The van der Waals surface area contributed by atoms with Gasteiger partial charge >= 0.3 is 0 Å². The molecule has 0 aliphatic heterocycles. The van der Waals surface area contributed by atoms with Gasteiger partial charge in [-0.1, -0.05) is 44.4 Å². The maximum Gasteiger partial charge on any atom is 0.237 e. The molecule has 7 nitrogen and oxygen atoms in total. The Kier molecular flexibility index (Phi) is 9.70. The molecule has 0 bridgehead atoms. The molecule has 1 fully saturated rings. The van der Waals surface area contributed by atoms with Gasteiger partial charge in [0.2, 0.25) is 5.91 Å². The van der Waals surface area contributed by atoms with Crippen molar-refractivity contribution in [2.75, 3.05) is 19.0 Å². The van der Waals surface area contributed by atoms with Crippen LogP contribution in [-0.2, 0) is 9.59 Å². The predicted octanol–water partition coefficient (Wildman–Crippen LogP) is 4.74. The molecular formula is C28H38FN5O2. The first-order valence-corrected chi connectivity index (χ1v) is 12.8. The van der Waals surface area contributed by atoms with E-state index in [0.29, 0.717) is 23.6 Å². The van der Waals surface area contributed by atoms with E-state index in [2.05, 4.69) is 10.6 Å². The lowest BCUT2D eigenvalue weighted by molar-refractivity contribution is -0.127. The Morgan fingerprint density at radius 3 is 2.47 bits per heavy atom. The smallest absolute Gasteiger partial charge is 0.237 e. The van der Waals surface area contributed by atoms with E-state index in [1.165, 1.54) is 6.07 Å². The quantitative estimate of drug-likeness (QED) is 0.391. The summed E-state index contributed by atoms with van der Waals surface area (Å²) < 4.78 is 14.4. The molecular weight excluding hydrogens is 457 g/mol. The first kappa shape index (κ1) is 27.5. The number of para-hydroxylation sites is 1. The number of Topliss-reactive ketones (excluding diaryl/α,β-unsaturated/α-hetero) is 1. The fourth-order valence-corrected chi connectivity index (χ4v) is 4.84. The van der Waals surface area contributed by atoms with Crippen LogP contribution in [0, 0.1) is 17.1 Å². The molecule has 8 heteroatoms. The van der Waals surface area contributed by atoms with Crippen molar-refractivity contribution in [3.63, 3.8) is 0 Å². The van der Waals surface area contributed by atoms with E-state index in [4.69, 9.17) is 10.4 Å². The topological polar surface area (TPSA) is 98.2 Å². The zero-order chi connectivity index (χ0) is 26.2. The molecule has 1 saturated carbocycles. The highest BCUT2D eigenvalue weighted by atomic mass is 19.1. The molecule has 0 saturated heterocycles. The molecule has 1 aliphatic rings. The number of likely N-dealkylation sites (N-methyl/N-ethyl adjacent to an activating group) is 1. The van der Waals surface area contributed by atoms with Crippen molar-refractivity contribution in [3.8, 4) is 0 Å². The minimum absolute atomic E-state index is 0.0172. The van der Waals surface area contributed by atoms with Crippen molar-refractivity contribution in [2.45, 2.75) is 70.4 Å². The van der Waals surface area contributed by atoms with E-state index >= 15 is 0 Å². The first-order valence-electron chi connectivity index (χ1n) is 12.8. The van der Waals surface area contributed by atoms with Crippen molar-refractivity contribution < 1.29 is 14.0 Å². The second kappa shape index (κ2) is 12.7. The van der Waals surface area contributed by atoms with Crippen molar-refractivity contribution >= 4 is 28.9 Å². The van der Waals surface area contributed by atoms with Gasteiger partial charge in [0.1, 0.15) is 11.6 Å². The second-order valence-electron chi connectivity index (χ2n) is 9.56. The number of amides is 1. The van der Waals surface area contributed by atoms with E-state index in [9.17, 15) is 14.0 Å². The summed E-state index contributed by atoms with van der Waals surface area (Å²) >= 11 is 0. The van der Waals surface area contributed by atoms with Crippen molar-refractivity contribution in [3.05, 3.63) is 54.0 Å². The molecule has 0 radical (unpaired) electrons. The lowest BCUT2D eigenvalue weighted by Crippen LogP contribution is -2.53. The monoisotopic (exact) mass is 495 g/mol. The molecule has 3 atom stereocenters. The number of pyridine rings is 1. The molecule has 36 heavy (non-hydrogen) atoms. The van der Waals surface area contributed by atoms with Crippen molar-refractivity contribution in [1.82, 2.24) is 15.6 Å². The van der Waals surface area contributed by atoms with Crippen LogP contribution in [0.5, 0.6) is 0 Å². The van der Waals surface area contributed by atoms with E-state index in [0.717, 1.165) is 32.1 Å². The second-order valence-corrected chi connectivity index (χ2v) is 9.56. The number of aromatic nitrogens is 1. The molecule has 1 aromatic heterocycles. The average molecular weight is 496 g/mol. The van der Waals surface area contributed by atoms with Crippen LogP contribution in [0.25, 0.3) is 0 Å². The van der Waals surface area contributed by atoms with Crippen LogP contribution in [0.3, 0.4) is 0 Å². The highest BCUT2D eigenvalue weighted by Gasteiger charge is 2.36. The predicted molar refractivity (Wildman–Crippen MR) is 141 cm³/mol. The Morgan fingerprint density at radius 2 is 1.83 bits per heavy atom. The van der Waals surface area contributed by atoms with Crippen LogP contribution in [0.4, 0.5) is 15.9 Å². The third kappa shape index (κ3) is 6.35. The molecule has 1 aromatic carbocycles. The van der Waals surface area contributed by atoms with Gasteiger partial charge in [-0.2, -0.15) is 0 Å². The molecule has 0 spiro atoms. The number of benzene rings is 1. The maximum atomic E-state index is 14.4. The Hall–Kier alpha value is -3.13. The number of hydrogen-bond donors (Lipinski definition) is 3. The Labute approximate surface area is 213 Å². The number of anilines is 2. The van der Waals surface area contributed by atoms with Crippen molar-refractivity contribution in [1.29, 1.82) is 5.41 Å². The summed E-state index contributed by atoms with van der Waals surface area (Å²) in [6.45, 7) is 3.66. The van der Waals surface area contributed by atoms with Gasteiger partial charge in [0.15, 0.2) is 5.78 Å². The third-order valence-electron chi connectivity index (χ3n) is 7.22. The summed E-state index contributed by atoms with van der Waals surface area (Å²) in [6.07, 6.45) is 5.37. The molecule has 3 N–H and O–H groups in total. The van der Waals surface area contributed by atoms with Crippen LogP contribution >= 0.6 is 0 Å². The minimum atomic E-state index is -0.723. The van der Waals surface area contributed by atoms with E-state index in [1.807, 2.05) is 13.0 Å². The lowest BCUT2D eigenvalue weighted by Gasteiger charge is -2.32. The van der Waals surface area contributed by atoms with Crippen LogP contribution in [0.2, 0.25) is 0 Å². The summed E-state index contributed by atoms with van der Waals surface area (Å²) in [5.74, 6) is -0.936. The highest BCUT2D eigenvalue weighted by molar-refractivity contribution is 6.42. The summed E-state index contributed by atoms with van der Waals surface area (Å²) in [5.41, 5.74) is 0.914. The molecule has 2 aromatic rings. The fourth-order valence-electron chi connectivity index (χ4n) is 4.84. The molecule has 3 rings (SSSR count). The number of ketones is 1. The molecule has 1 heterocycles.